The molecule has 8 heteroatoms. The van der Waals surface area contributed by atoms with Crippen LogP contribution in [0.15, 0.2) is 70.3 Å². The van der Waals surface area contributed by atoms with Gasteiger partial charge in [-0.05, 0) is 36.8 Å². The molecule has 0 aliphatic heterocycles. The highest BCUT2D eigenvalue weighted by molar-refractivity contribution is 6.07. The van der Waals surface area contributed by atoms with Crippen molar-refractivity contribution >= 4 is 22.5 Å². The average Bonchev–Trinajstić information content (AvgIpc) is 2.75. The van der Waals surface area contributed by atoms with Crippen LogP contribution in [0.25, 0.3) is 22.0 Å². The molecule has 0 saturated carbocycles. The molecule has 31 heavy (non-hydrogen) atoms. The summed E-state index contributed by atoms with van der Waals surface area (Å²) in [5.41, 5.74) is -0.231. The lowest BCUT2D eigenvalue weighted by Crippen LogP contribution is -2.34. The number of nitrogens with zero attached hydrogens (tertiary/aromatic N) is 1. The van der Waals surface area contributed by atoms with E-state index < -0.39 is 28.8 Å². The minimum absolute atomic E-state index is 0.0968. The number of carbonyl (C=O) groups excluding carboxylic acids is 1. The Morgan fingerprint density at radius 1 is 1.03 bits per heavy atom. The molecule has 0 unspecified atom stereocenters. The van der Waals surface area contributed by atoms with Crippen LogP contribution in [-0.2, 0) is 6.54 Å². The predicted octanol–water partition coefficient (Wildman–Crippen LogP) is 3.91. The van der Waals surface area contributed by atoms with Gasteiger partial charge < -0.3 is 10.3 Å². The van der Waals surface area contributed by atoms with E-state index in [0.29, 0.717) is 11.6 Å². The van der Waals surface area contributed by atoms with E-state index in [4.69, 9.17) is 0 Å². The highest BCUT2D eigenvalue weighted by Crippen LogP contribution is 2.32. The van der Waals surface area contributed by atoms with Gasteiger partial charge in [0.05, 0.1) is 16.6 Å². The summed E-state index contributed by atoms with van der Waals surface area (Å²) in [4.78, 5) is 39.8. The molecule has 3 aromatic carbocycles. The number of carbonyl (C=O) groups is 1. The molecule has 1 heterocycles. The third-order valence-corrected chi connectivity index (χ3v) is 4.94. The summed E-state index contributed by atoms with van der Waals surface area (Å²) in [7, 11) is 0. The zero-order valence-corrected chi connectivity index (χ0v) is 16.4. The fourth-order valence-corrected chi connectivity index (χ4v) is 3.41. The van der Waals surface area contributed by atoms with Crippen molar-refractivity contribution in [3.63, 3.8) is 0 Å². The Morgan fingerprint density at radius 2 is 1.77 bits per heavy atom. The Hall–Kier alpha value is -4.07. The summed E-state index contributed by atoms with van der Waals surface area (Å²) >= 11 is 0. The first-order chi connectivity index (χ1) is 14.9. The van der Waals surface area contributed by atoms with Gasteiger partial charge in [-0.15, -0.1) is 0 Å². The van der Waals surface area contributed by atoms with E-state index in [1.54, 1.807) is 37.3 Å². The smallest absolute Gasteiger partial charge is 0.319 e. The van der Waals surface area contributed by atoms with E-state index in [1.165, 1.54) is 18.2 Å². The van der Waals surface area contributed by atoms with E-state index in [0.717, 1.165) is 10.6 Å². The Labute approximate surface area is 174 Å². The Kier molecular flexibility index (Phi) is 5.21. The molecule has 0 spiro atoms. The van der Waals surface area contributed by atoms with Gasteiger partial charge in [0.2, 0.25) is 0 Å². The van der Waals surface area contributed by atoms with Crippen molar-refractivity contribution in [2.75, 3.05) is 5.32 Å². The van der Waals surface area contributed by atoms with Gasteiger partial charge in [-0.25, -0.2) is 13.6 Å². The standard InChI is InChI=1S/C23H17F2N3O3/c1-2-28-22(30)16-9-8-14(10-19(16)26-23(28)31)21(29)27-20-17(11-15(24)12-18(20)25)13-6-4-3-5-7-13/h3-12H,2H2,1H3,(H,26,31)(H,27,29). The van der Waals surface area contributed by atoms with Gasteiger partial charge in [0.1, 0.15) is 11.6 Å². The molecule has 6 nitrogen and oxygen atoms in total. The van der Waals surface area contributed by atoms with Crippen molar-refractivity contribution < 1.29 is 13.6 Å². The van der Waals surface area contributed by atoms with Crippen LogP contribution < -0.4 is 16.6 Å². The molecule has 0 saturated heterocycles. The number of H-pyrrole nitrogens is 1. The first-order valence-electron chi connectivity index (χ1n) is 9.51. The number of rotatable bonds is 4. The fraction of sp³-hybridized carbons (Fsp3) is 0.0870. The number of anilines is 1. The zero-order chi connectivity index (χ0) is 22.1. The van der Waals surface area contributed by atoms with Crippen LogP contribution in [0.4, 0.5) is 14.5 Å². The molecule has 0 aliphatic carbocycles. The van der Waals surface area contributed by atoms with Gasteiger partial charge in [-0.2, -0.15) is 0 Å². The third kappa shape index (κ3) is 3.75. The number of benzene rings is 3. The summed E-state index contributed by atoms with van der Waals surface area (Å²) in [5, 5.41) is 2.73. The maximum Gasteiger partial charge on any atom is 0.328 e. The Morgan fingerprint density at radius 3 is 2.48 bits per heavy atom. The van der Waals surface area contributed by atoms with E-state index >= 15 is 0 Å². The molecular weight excluding hydrogens is 404 g/mol. The summed E-state index contributed by atoms with van der Waals surface area (Å²) < 4.78 is 29.5. The average molecular weight is 421 g/mol. The van der Waals surface area contributed by atoms with Crippen LogP contribution in [0, 0.1) is 11.6 Å². The molecule has 4 aromatic rings. The second kappa shape index (κ2) is 7.98. The topological polar surface area (TPSA) is 84.0 Å². The fourth-order valence-electron chi connectivity index (χ4n) is 3.41. The van der Waals surface area contributed by atoms with Crippen LogP contribution in [0.5, 0.6) is 0 Å². The maximum absolute atomic E-state index is 14.6. The summed E-state index contributed by atoms with van der Waals surface area (Å²) in [6.07, 6.45) is 0. The van der Waals surface area contributed by atoms with E-state index in [1.807, 2.05) is 0 Å². The number of nitrogens with one attached hydrogen (secondary N) is 2. The maximum atomic E-state index is 14.6. The van der Waals surface area contributed by atoms with Crippen LogP contribution in [0.3, 0.4) is 0 Å². The predicted molar refractivity (Wildman–Crippen MR) is 114 cm³/mol. The highest BCUT2D eigenvalue weighted by Gasteiger charge is 2.17. The van der Waals surface area contributed by atoms with Crippen molar-refractivity contribution in [2.45, 2.75) is 13.5 Å². The van der Waals surface area contributed by atoms with Gasteiger partial charge in [0.15, 0.2) is 0 Å². The largest absolute Gasteiger partial charge is 0.328 e. The third-order valence-electron chi connectivity index (χ3n) is 4.94. The second-order valence-electron chi connectivity index (χ2n) is 6.87. The Balaban J connectivity index is 1.76. The Bertz CT molecular complexity index is 1430. The minimum atomic E-state index is -0.924. The van der Waals surface area contributed by atoms with Gasteiger partial charge in [-0.1, -0.05) is 30.3 Å². The SMILES string of the molecule is CCn1c(=O)[nH]c2cc(C(=O)Nc3c(F)cc(F)cc3-c3ccccc3)ccc2c1=O. The number of hydrogen-bond acceptors (Lipinski definition) is 3. The summed E-state index contributed by atoms with van der Waals surface area (Å²) in [6.45, 7) is 1.88. The number of hydrogen-bond donors (Lipinski definition) is 2. The first kappa shape index (κ1) is 20.2. The highest BCUT2D eigenvalue weighted by atomic mass is 19.1. The number of aromatic amines is 1. The van der Waals surface area contributed by atoms with Gasteiger partial charge in [0.25, 0.3) is 11.5 Å². The monoisotopic (exact) mass is 421 g/mol. The molecule has 2 N–H and O–H groups in total. The van der Waals surface area contributed by atoms with E-state index in [-0.39, 0.29) is 34.3 Å². The molecule has 0 atom stereocenters. The van der Waals surface area contributed by atoms with E-state index in [9.17, 15) is 23.2 Å². The molecule has 1 amide bonds. The molecule has 1 aromatic heterocycles. The lowest BCUT2D eigenvalue weighted by Gasteiger charge is -2.13. The summed E-state index contributed by atoms with van der Waals surface area (Å²) in [5.74, 6) is -2.37. The lowest BCUT2D eigenvalue weighted by atomic mass is 10.0. The van der Waals surface area contributed by atoms with Crippen LogP contribution in [-0.4, -0.2) is 15.5 Å². The van der Waals surface area contributed by atoms with Crippen LogP contribution in [0.2, 0.25) is 0 Å². The molecule has 156 valence electrons. The van der Waals surface area contributed by atoms with Crippen molar-refractivity contribution in [3.05, 3.63) is 98.7 Å². The van der Waals surface area contributed by atoms with Crippen molar-refractivity contribution in [1.82, 2.24) is 9.55 Å². The lowest BCUT2D eigenvalue weighted by molar-refractivity contribution is 0.102. The molecule has 0 radical (unpaired) electrons. The summed E-state index contributed by atoms with van der Waals surface area (Å²) in [6, 6.07) is 14.5. The zero-order valence-electron chi connectivity index (χ0n) is 16.4. The first-order valence-corrected chi connectivity index (χ1v) is 9.51. The van der Waals surface area contributed by atoms with Crippen molar-refractivity contribution in [2.24, 2.45) is 0 Å². The quantitative estimate of drug-likeness (QED) is 0.524. The van der Waals surface area contributed by atoms with Crippen LogP contribution >= 0.6 is 0 Å². The number of aromatic nitrogens is 2. The minimum Gasteiger partial charge on any atom is -0.319 e. The van der Waals surface area contributed by atoms with Gasteiger partial charge in [-0.3, -0.25) is 14.2 Å². The van der Waals surface area contributed by atoms with E-state index in [2.05, 4.69) is 10.3 Å². The van der Waals surface area contributed by atoms with Crippen LogP contribution in [0.1, 0.15) is 17.3 Å². The van der Waals surface area contributed by atoms with Crippen molar-refractivity contribution in [3.8, 4) is 11.1 Å². The number of fused-ring (bicyclic) bond motifs is 1. The molecular formula is C23H17F2N3O3. The number of amides is 1. The normalized spacial score (nSPS) is 10.9. The van der Waals surface area contributed by atoms with Gasteiger partial charge >= 0.3 is 5.69 Å². The second-order valence-corrected chi connectivity index (χ2v) is 6.87. The van der Waals surface area contributed by atoms with Gasteiger partial charge in [0, 0.05) is 23.7 Å². The molecule has 0 aliphatic rings. The number of halogens is 2. The van der Waals surface area contributed by atoms with Crippen molar-refractivity contribution in [1.29, 1.82) is 0 Å². The molecule has 0 bridgehead atoms. The molecule has 0 fully saturated rings. The molecule has 4 rings (SSSR count).